The predicted molar refractivity (Wildman–Crippen MR) is 82.6 cm³/mol. The molecule has 0 saturated carbocycles. The minimum absolute atomic E-state index is 0.00811. The van der Waals surface area contributed by atoms with Gasteiger partial charge in [-0.05, 0) is 25.3 Å². The van der Waals surface area contributed by atoms with Gasteiger partial charge in [0.05, 0.1) is 0 Å². The summed E-state index contributed by atoms with van der Waals surface area (Å²) in [4.78, 5) is 27.1. The van der Waals surface area contributed by atoms with E-state index in [0.717, 1.165) is 12.0 Å². The van der Waals surface area contributed by atoms with Crippen LogP contribution in [0.1, 0.15) is 45.7 Å². The number of hydrogen-bond donors (Lipinski definition) is 1. The molecular weight excluding hydrogens is 264 g/mol. The number of piperazine rings is 1. The fourth-order valence-electron chi connectivity index (χ4n) is 2.90. The highest BCUT2D eigenvalue weighted by atomic mass is 16.2. The number of nitrogens with zero attached hydrogens (tertiary/aromatic N) is 1. The fraction of sp³-hybridized carbons (Fsp3) is 0.529. The molecule has 114 valence electrons. The molecule has 0 radical (unpaired) electrons. The van der Waals surface area contributed by atoms with E-state index in [9.17, 15) is 9.59 Å². The van der Waals surface area contributed by atoms with Crippen molar-refractivity contribution < 1.29 is 9.59 Å². The Morgan fingerprint density at radius 1 is 1.14 bits per heavy atom. The lowest BCUT2D eigenvalue weighted by Crippen LogP contribution is -2.63. The first-order valence-corrected chi connectivity index (χ1v) is 7.64. The molecule has 1 N–H and O–H groups in total. The number of rotatable bonds is 4. The Labute approximate surface area is 126 Å². The zero-order valence-electron chi connectivity index (χ0n) is 13.2. The lowest BCUT2D eigenvalue weighted by Gasteiger charge is -2.43. The Morgan fingerprint density at radius 3 is 2.29 bits per heavy atom. The van der Waals surface area contributed by atoms with Crippen molar-refractivity contribution in [2.45, 2.75) is 52.2 Å². The Bertz CT molecular complexity index is 513. The largest absolute Gasteiger partial charge is 0.339 e. The van der Waals surface area contributed by atoms with Crippen LogP contribution < -0.4 is 5.32 Å². The second kappa shape index (κ2) is 6.29. The third-order valence-corrected chi connectivity index (χ3v) is 4.23. The zero-order valence-corrected chi connectivity index (χ0v) is 13.2. The number of nitrogens with one attached hydrogen (secondary N) is 1. The first-order valence-electron chi connectivity index (χ1n) is 7.64. The first-order chi connectivity index (χ1) is 9.97. The molecule has 1 aliphatic rings. The van der Waals surface area contributed by atoms with Crippen molar-refractivity contribution in [2.24, 2.45) is 5.92 Å². The number of hydrogen-bond acceptors (Lipinski definition) is 2. The molecule has 1 heterocycles. The van der Waals surface area contributed by atoms with E-state index in [0.29, 0.717) is 0 Å². The predicted octanol–water partition coefficient (Wildman–Crippen LogP) is 2.51. The quantitative estimate of drug-likeness (QED) is 0.925. The molecule has 2 amide bonds. The van der Waals surface area contributed by atoms with E-state index in [4.69, 9.17) is 0 Å². The Morgan fingerprint density at radius 2 is 1.76 bits per heavy atom. The highest BCUT2D eigenvalue weighted by molar-refractivity contribution is 5.97. The molecule has 4 nitrogen and oxygen atoms in total. The molecule has 1 fully saturated rings. The highest BCUT2D eigenvalue weighted by Crippen LogP contribution is 2.28. The van der Waals surface area contributed by atoms with E-state index in [1.54, 1.807) is 4.90 Å². The van der Waals surface area contributed by atoms with Crippen molar-refractivity contribution in [3.63, 3.8) is 0 Å². The average molecular weight is 288 g/mol. The van der Waals surface area contributed by atoms with Gasteiger partial charge >= 0.3 is 0 Å². The second-order valence-corrected chi connectivity index (χ2v) is 6.02. The molecule has 3 unspecified atom stereocenters. The van der Waals surface area contributed by atoms with Gasteiger partial charge in [-0.25, -0.2) is 0 Å². The molecule has 2 rings (SSSR count). The van der Waals surface area contributed by atoms with Crippen LogP contribution in [0.3, 0.4) is 0 Å². The van der Waals surface area contributed by atoms with Gasteiger partial charge in [0, 0.05) is 6.04 Å². The lowest BCUT2D eigenvalue weighted by molar-refractivity contribution is -0.154. The van der Waals surface area contributed by atoms with Crippen LogP contribution in [0.4, 0.5) is 0 Å². The molecule has 0 spiro atoms. The molecular formula is C17H24N2O2. The van der Waals surface area contributed by atoms with Crippen LogP contribution in [-0.2, 0) is 9.59 Å². The number of amides is 2. The van der Waals surface area contributed by atoms with Crippen LogP contribution in [0.2, 0.25) is 0 Å². The van der Waals surface area contributed by atoms with Crippen LogP contribution in [0, 0.1) is 5.92 Å². The molecule has 1 saturated heterocycles. The summed E-state index contributed by atoms with van der Waals surface area (Å²) in [6.07, 6.45) is 0.866. The van der Waals surface area contributed by atoms with Gasteiger partial charge in [-0.3, -0.25) is 9.59 Å². The van der Waals surface area contributed by atoms with Crippen LogP contribution in [-0.4, -0.2) is 28.8 Å². The van der Waals surface area contributed by atoms with Gasteiger partial charge in [0.15, 0.2) is 0 Å². The summed E-state index contributed by atoms with van der Waals surface area (Å²) in [5, 5.41) is 2.90. The van der Waals surface area contributed by atoms with E-state index in [-0.39, 0.29) is 29.8 Å². The van der Waals surface area contributed by atoms with Crippen molar-refractivity contribution in [3.05, 3.63) is 35.9 Å². The van der Waals surface area contributed by atoms with Crippen molar-refractivity contribution in [2.75, 3.05) is 0 Å². The Kier molecular flexibility index (Phi) is 4.66. The number of carbonyl (C=O) groups is 2. The van der Waals surface area contributed by atoms with Gasteiger partial charge in [0.25, 0.3) is 5.91 Å². The summed E-state index contributed by atoms with van der Waals surface area (Å²) < 4.78 is 0. The van der Waals surface area contributed by atoms with Crippen molar-refractivity contribution >= 4 is 11.8 Å². The Hall–Kier alpha value is -1.84. The van der Waals surface area contributed by atoms with Gasteiger partial charge in [-0.15, -0.1) is 0 Å². The molecule has 1 aromatic carbocycles. The van der Waals surface area contributed by atoms with E-state index in [2.05, 4.69) is 5.32 Å². The van der Waals surface area contributed by atoms with Crippen LogP contribution >= 0.6 is 0 Å². The molecule has 21 heavy (non-hydrogen) atoms. The van der Waals surface area contributed by atoms with Gasteiger partial charge in [-0.1, -0.05) is 50.6 Å². The maximum absolute atomic E-state index is 12.9. The fourth-order valence-corrected chi connectivity index (χ4v) is 2.90. The summed E-state index contributed by atoms with van der Waals surface area (Å²) in [7, 11) is 0. The second-order valence-electron chi connectivity index (χ2n) is 6.02. The van der Waals surface area contributed by atoms with Crippen LogP contribution in [0.5, 0.6) is 0 Å². The van der Waals surface area contributed by atoms with Crippen molar-refractivity contribution in [1.82, 2.24) is 10.2 Å². The molecule has 0 bridgehead atoms. The maximum Gasteiger partial charge on any atom is 0.250 e. The number of carbonyl (C=O) groups excluding carboxylic acids is 2. The molecule has 4 heteroatoms. The minimum Gasteiger partial charge on any atom is -0.339 e. The van der Waals surface area contributed by atoms with E-state index >= 15 is 0 Å². The topological polar surface area (TPSA) is 49.4 Å². The van der Waals surface area contributed by atoms with Gasteiger partial charge in [0.2, 0.25) is 5.91 Å². The van der Waals surface area contributed by atoms with Gasteiger partial charge < -0.3 is 10.2 Å². The zero-order chi connectivity index (χ0) is 15.6. The maximum atomic E-state index is 12.9. The van der Waals surface area contributed by atoms with Crippen LogP contribution in [0.15, 0.2) is 30.3 Å². The summed E-state index contributed by atoms with van der Waals surface area (Å²) in [6.45, 7) is 8.00. The standard InChI is InChI=1S/C17H24N2O2/c1-5-12(4)15-16(20)18-14(13-9-7-6-8-10-13)17(21)19(15)11(2)3/h6-12,14-15H,5H2,1-4H3,(H,18,20). The third-order valence-electron chi connectivity index (χ3n) is 4.23. The number of benzene rings is 1. The van der Waals surface area contributed by atoms with E-state index < -0.39 is 6.04 Å². The summed E-state index contributed by atoms with van der Waals surface area (Å²) in [5.41, 5.74) is 0.837. The van der Waals surface area contributed by atoms with Gasteiger partial charge in [0.1, 0.15) is 12.1 Å². The lowest BCUT2D eigenvalue weighted by atomic mass is 9.90. The molecule has 1 aromatic rings. The summed E-state index contributed by atoms with van der Waals surface area (Å²) in [5.74, 6) is 0.0840. The van der Waals surface area contributed by atoms with Crippen molar-refractivity contribution in [1.29, 1.82) is 0 Å². The average Bonchev–Trinajstić information content (AvgIpc) is 2.48. The van der Waals surface area contributed by atoms with Crippen LogP contribution in [0.25, 0.3) is 0 Å². The third kappa shape index (κ3) is 2.94. The SMILES string of the molecule is CCC(C)C1C(=O)NC(c2ccccc2)C(=O)N1C(C)C. The molecule has 0 aromatic heterocycles. The molecule has 0 aliphatic carbocycles. The molecule has 1 aliphatic heterocycles. The normalized spacial score (nSPS) is 24.1. The van der Waals surface area contributed by atoms with Crippen molar-refractivity contribution in [3.8, 4) is 0 Å². The summed E-state index contributed by atoms with van der Waals surface area (Å²) in [6, 6.07) is 8.50. The van der Waals surface area contributed by atoms with E-state index in [1.165, 1.54) is 0 Å². The smallest absolute Gasteiger partial charge is 0.250 e. The molecule has 3 atom stereocenters. The van der Waals surface area contributed by atoms with Gasteiger partial charge in [-0.2, -0.15) is 0 Å². The monoisotopic (exact) mass is 288 g/mol. The first kappa shape index (κ1) is 15.5. The Balaban J connectivity index is 2.36. The summed E-state index contributed by atoms with van der Waals surface area (Å²) >= 11 is 0. The highest BCUT2D eigenvalue weighted by Gasteiger charge is 2.44. The minimum atomic E-state index is -0.568. The van der Waals surface area contributed by atoms with E-state index in [1.807, 2.05) is 58.0 Å².